The standard InChI is InChI=1S/C33H28N2O8S/c1-3-40-32(39)30-19(2)34-33(44-30)35-27(21-10-7-11-23(16-21)43-18-20-8-5-4-6-9-20)26(29(37)31(35)38)28(36)22-12-13-24-25(17-22)42-15-14-41-24/h4-13,16-17,27,36H,3,14-15,18H2,1-2H3/b28-26+/t27-/m1/s1. The van der Waals surface area contributed by atoms with E-state index in [0.29, 0.717) is 48.3 Å². The van der Waals surface area contributed by atoms with Gasteiger partial charge in [-0.05, 0) is 55.3 Å². The summed E-state index contributed by atoms with van der Waals surface area (Å²) in [6, 6.07) is 20.3. The zero-order valence-electron chi connectivity index (χ0n) is 23.9. The minimum Gasteiger partial charge on any atom is -0.507 e. The Balaban J connectivity index is 1.46. The predicted octanol–water partition coefficient (Wildman–Crippen LogP) is 5.60. The molecular weight excluding hydrogens is 584 g/mol. The summed E-state index contributed by atoms with van der Waals surface area (Å²) in [6.07, 6.45) is 0. The highest BCUT2D eigenvalue weighted by atomic mass is 32.1. The van der Waals surface area contributed by atoms with Crippen LogP contribution in [0.1, 0.15) is 45.0 Å². The molecule has 1 fully saturated rings. The van der Waals surface area contributed by atoms with Gasteiger partial charge >= 0.3 is 11.9 Å². The molecule has 1 saturated heterocycles. The number of carbonyl (C=O) groups excluding carboxylic acids is 3. The van der Waals surface area contributed by atoms with Crippen LogP contribution in [0, 0.1) is 6.92 Å². The second-order valence-electron chi connectivity index (χ2n) is 10.0. The third-order valence-corrected chi connectivity index (χ3v) is 8.27. The first-order chi connectivity index (χ1) is 21.4. The first-order valence-electron chi connectivity index (χ1n) is 14.0. The number of ether oxygens (including phenoxy) is 4. The Bertz CT molecular complexity index is 1780. The molecule has 11 heteroatoms. The van der Waals surface area contributed by atoms with Crippen molar-refractivity contribution in [1.82, 2.24) is 4.98 Å². The Kier molecular flexibility index (Phi) is 8.03. The van der Waals surface area contributed by atoms with Crippen LogP contribution in [0.5, 0.6) is 17.2 Å². The van der Waals surface area contributed by atoms with Crippen LogP contribution >= 0.6 is 11.3 Å². The number of thiazole rings is 1. The number of hydrogen-bond donors (Lipinski definition) is 1. The Labute approximate surface area is 257 Å². The molecule has 1 amide bonds. The van der Waals surface area contributed by atoms with Gasteiger partial charge in [-0.2, -0.15) is 0 Å². The first-order valence-corrected chi connectivity index (χ1v) is 14.8. The average Bonchev–Trinajstić information content (AvgIpc) is 3.56. The molecule has 3 heterocycles. The number of anilines is 1. The van der Waals surface area contributed by atoms with E-state index in [-0.39, 0.29) is 33.5 Å². The molecule has 2 aliphatic heterocycles. The molecule has 6 rings (SSSR count). The number of Topliss-reactive ketones (excluding diaryl/α,β-unsaturated/α-hetero) is 1. The van der Waals surface area contributed by atoms with Crippen molar-refractivity contribution in [3.8, 4) is 17.2 Å². The number of aliphatic hydroxyl groups excluding tert-OH is 1. The van der Waals surface area contributed by atoms with Gasteiger partial charge in [0.2, 0.25) is 0 Å². The maximum absolute atomic E-state index is 13.7. The molecule has 224 valence electrons. The van der Waals surface area contributed by atoms with Gasteiger partial charge in [0, 0.05) is 5.56 Å². The van der Waals surface area contributed by atoms with Gasteiger partial charge in [0.05, 0.1) is 23.9 Å². The van der Waals surface area contributed by atoms with Crippen LogP contribution < -0.4 is 19.1 Å². The van der Waals surface area contributed by atoms with Crippen LogP contribution in [0.25, 0.3) is 5.76 Å². The maximum atomic E-state index is 13.7. The van der Waals surface area contributed by atoms with Gasteiger partial charge in [-0.25, -0.2) is 9.78 Å². The van der Waals surface area contributed by atoms with Crippen LogP contribution in [0.15, 0.2) is 78.4 Å². The minimum atomic E-state index is -1.08. The first kappa shape index (κ1) is 28.9. The number of aryl methyl sites for hydroxylation is 1. The summed E-state index contributed by atoms with van der Waals surface area (Å²) in [5.74, 6) is -1.33. The lowest BCUT2D eigenvalue weighted by atomic mass is 9.95. The van der Waals surface area contributed by atoms with Gasteiger partial charge in [0.25, 0.3) is 5.78 Å². The Morgan fingerprint density at radius 1 is 1.02 bits per heavy atom. The molecule has 2 aliphatic rings. The molecule has 0 unspecified atom stereocenters. The van der Waals surface area contributed by atoms with Gasteiger partial charge in [-0.3, -0.25) is 14.5 Å². The van der Waals surface area contributed by atoms with E-state index in [4.69, 9.17) is 18.9 Å². The number of esters is 1. The van der Waals surface area contributed by atoms with Gasteiger partial charge in [0.1, 0.15) is 36.2 Å². The van der Waals surface area contributed by atoms with Crippen molar-refractivity contribution in [3.63, 3.8) is 0 Å². The zero-order valence-corrected chi connectivity index (χ0v) is 24.8. The lowest BCUT2D eigenvalue weighted by Crippen LogP contribution is -2.29. The topological polar surface area (TPSA) is 124 Å². The molecule has 0 spiro atoms. The zero-order chi connectivity index (χ0) is 30.8. The van der Waals surface area contributed by atoms with E-state index < -0.39 is 23.7 Å². The van der Waals surface area contributed by atoms with Crippen LogP contribution in [0.4, 0.5) is 5.13 Å². The smallest absolute Gasteiger partial charge is 0.350 e. The maximum Gasteiger partial charge on any atom is 0.350 e. The number of ketones is 1. The van der Waals surface area contributed by atoms with E-state index in [2.05, 4.69) is 4.98 Å². The van der Waals surface area contributed by atoms with Crippen LogP contribution in [-0.2, 0) is 20.9 Å². The summed E-state index contributed by atoms with van der Waals surface area (Å²) in [5.41, 5.74) is 1.95. The van der Waals surface area contributed by atoms with E-state index in [1.807, 2.05) is 30.3 Å². The lowest BCUT2D eigenvalue weighted by Gasteiger charge is -2.24. The quantitative estimate of drug-likeness (QED) is 0.117. The van der Waals surface area contributed by atoms with Crippen LogP contribution in [-0.4, -0.2) is 47.6 Å². The third kappa shape index (κ3) is 5.49. The Morgan fingerprint density at radius 3 is 2.57 bits per heavy atom. The summed E-state index contributed by atoms with van der Waals surface area (Å²) in [4.78, 5) is 45.9. The molecule has 4 aromatic rings. The molecule has 0 aliphatic carbocycles. The highest BCUT2D eigenvalue weighted by Crippen LogP contribution is 2.45. The molecule has 0 bridgehead atoms. The number of benzene rings is 3. The number of rotatable bonds is 8. The fraction of sp³-hybridized carbons (Fsp3) is 0.212. The summed E-state index contributed by atoms with van der Waals surface area (Å²) < 4.78 is 22.5. The Morgan fingerprint density at radius 2 is 1.80 bits per heavy atom. The fourth-order valence-corrected chi connectivity index (χ4v) is 6.07. The summed E-state index contributed by atoms with van der Waals surface area (Å²) >= 11 is 0.944. The predicted molar refractivity (Wildman–Crippen MR) is 162 cm³/mol. The van der Waals surface area contributed by atoms with Crippen molar-refractivity contribution in [2.75, 3.05) is 24.7 Å². The van der Waals surface area contributed by atoms with Gasteiger partial charge in [-0.1, -0.05) is 53.8 Å². The molecule has 1 N–H and O–H groups in total. The van der Waals surface area contributed by atoms with E-state index in [1.54, 1.807) is 56.3 Å². The molecule has 44 heavy (non-hydrogen) atoms. The average molecular weight is 613 g/mol. The number of amides is 1. The number of hydrogen-bond acceptors (Lipinski definition) is 10. The SMILES string of the molecule is CCOC(=O)c1sc(N2C(=O)C(=O)/C(=C(/O)c3ccc4c(c3)OCCO4)[C@H]2c2cccc(OCc3ccccc3)c2)nc1C. The van der Waals surface area contributed by atoms with E-state index in [0.717, 1.165) is 16.9 Å². The van der Waals surface area contributed by atoms with Gasteiger partial charge in [-0.15, -0.1) is 0 Å². The third-order valence-electron chi connectivity index (χ3n) is 7.13. The fourth-order valence-electron chi connectivity index (χ4n) is 5.08. The molecule has 0 saturated carbocycles. The van der Waals surface area contributed by atoms with Crippen molar-refractivity contribution in [2.24, 2.45) is 0 Å². The van der Waals surface area contributed by atoms with Crippen molar-refractivity contribution in [1.29, 1.82) is 0 Å². The van der Waals surface area contributed by atoms with Crippen LogP contribution in [0.2, 0.25) is 0 Å². The monoisotopic (exact) mass is 612 g/mol. The normalized spacial score (nSPS) is 17.0. The number of carbonyl (C=O) groups is 3. The number of fused-ring (bicyclic) bond motifs is 1. The van der Waals surface area contributed by atoms with Crippen molar-refractivity contribution >= 4 is 39.9 Å². The molecule has 10 nitrogen and oxygen atoms in total. The summed E-state index contributed by atoms with van der Waals surface area (Å²) in [7, 11) is 0. The molecule has 3 aromatic carbocycles. The highest BCUT2D eigenvalue weighted by molar-refractivity contribution is 7.17. The van der Waals surface area contributed by atoms with Crippen molar-refractivity contribution in [2.45, 2.75) is 26.5 Å². The van der Waals surface area contributed by atoms with Gasteiger partial charge < -0.3 is 24.1 Å². The second-order valence-corrected chi connectivity index (χ2v) is 11.0. The van der Waals surface area contributed by atoms with E-state index >= 15 is 0 Å². The number of aromatic nitrogens is 1. The molecule has 0 radical (unpaired) electrons. The molecule has 1 atom stereocenters. The summed E-state index contributed by atoms with van der Waals surface area (Å²) in [6.45, 7) is 4.53. The molecule has 1 aromatic heterocycles. The largest absolute Gasteiger partial charge is 0.507 e. The molecular formula is C33H28N2O8S. The van der Waals surface area contributed by atoms with E-state index in [1.165, 1.54) is 4.90 Å². The lowest BCUT2D eigenvalue weighted by molar-refractivity contribution is -0.132. The van der Waals surface area contributed by atoms with Gasteiger partial charge in [0.15, 0.2) is 16.6 Å². The second kappa shape index (κ2) is 12.2. The van der Waals surface area contributed by atoms with Crippen molar-refractivity contribution in [3.05, 3.63) is 106 Å². The Hall–Kier alpha value is -5.16. The van der Waals surface area contributed by atoms with Crippen LogP contribution in [0.3, 0.4) is 0 Å². The van der Waals surface area contributed by atoms with Crippen molar-refractivity contribution < 1.29 is 38.4 Å². The number of aliphatic hydroxyl groups is 1. The minimum absolute atomic E-state index is 0.120. The van der Waals surface area contributed by atoms with E-state index in [9.17, 15) is 19.5 Å². The highest BCUT2D eigenvalue weighted by Gasteiger charge is 2.48. The summed E-state index contributed by atoms with van der Waals surface area (Å²) in [5, 5.41) is 11.7. The number of nitrogens with zero attached hydrogens (tertiary/aromatic N) is 2.